The Labute approximate surface area is 157 Å². The fourth-order valence-electron chi connectivity index (χ4n) is 3.57. The lowest BCUT2D eigenvalue weighted by Crippen LogP contribution is -2.40. The van der Waals surface area contributed by atoms with E-state index < -0.39 is 0 Å². The number of hydrogen-bond acceptors (Lipinski definition) is 3. The lowest BCUT2D eigenvalue weighted by atomic mass is 9.98. The van der Waals surface area contributed by atoms with E-state index in [0.29, 0.717) is 12.1 Å². The first-order chi connectivity index (χ1) is 13.2. The number of nitrogens with zero attached hydrogens (tertiary/aromatic N) is 1. The third-order valence-electron chi connectivity index (χ3n) is 5.03. The van der Waals surface area contributed by atoms with Gasteiger partial charge in [-0.3, -0.25) is 9.69 Å². The van der Waals surface area contributed by atoms with Crippen LogP contribution in [0.1, 0.15) is 33.3 Å². The zero-order valence-corrected chi connectivity index (χ0v) is 14.9. The van der Waals surface area contributed by atoms with Gasteiger partial charge in [-0.15, -0.1) is 0 Å². The molecule has 0 bridgehead atoms. The fraction of sp³-hybridized carbons (Fsp3) is 0.227. The average molecular weight is 364 g/mol. The van der Waals surface area contributed by atoms with Crippen LogP contribution in [0.25, 0.3) is 0 Å². The molecular formula is C22H21FN2O2. The molecule has 4 nitrogen and oxygen atoms in total. The van der Waals surface area contributed by atoms with Crippen LogP contribution in [0.5, 0.6) is 0 Å². The first-order valence-electron chi connectivity index (χ1n) is 9.09. The highest BCUT2D eigenvalue weighted by atomic mass is 19.1. The Bertz CT molecular complexity index is 906. The zero-order chi connectivity index (χ0) is 18.6. The molecule has 3 aromatic rings. The number of carbonyl (C=O) groups excluding carboxylic acids is 1. The van der Waals surface area contributed by atoms with Crippen LogP contribution in [0.4, 0.5) is 4.39 Å². The van der Waals surface area contributed by atoms with Crippen molar-refractivity contribution in [3.05, 3.63) is 95.2 Å². The Kier molecular flexibility index (Phi) is 5.03. The minimum atomic E-state index is -0.355. The Hall–Kier alpha value is -2.92. The van der Waals surface area contributed by atoms with E-state index in [2.05, 4.69) is 34.5 Å². The van der Waals surface area contributed by atoms with Crippen molar-refractivity contribution in [1.29, 1.82) is 0 Å². The van der Waals surface area contributed by atoms with Crippen molar-refractivity contribution < 1.29 is 13.6 Å². The van der Waals surface area contributed by atoms with Gasteiger partial charge in [0, 0.05) is 25.2 Å². The molecule has 0 aliphatic carbocycles. The standard InChI is InChI=1S/C22H21FN2O2/c23-19-9-7-17(8-10-19)22(26)24-14-20(21-6-3-13-27-21)25-12-11-16-4-1-2-5-18(16)15-25/h1-10,13,20H,11-12,14-15H2,(H,24,26)/t20-/m1/s1. The summed E-state index contributed by atoms with van der Waals surface area (Å²) in [5, 5.41) is 2.97. The lowest BCUT2D eigenvalue weighted by Gasteiger charge is -2.34. The van der Waals surface area contributed by atoms with Gasteiger partial charge in [0.1, 0.15) is 11.6 Å². The molecule has 0 fully saturated rings. The number of hydrogen-bond donors (Lipinski definition) is 1. The van der Waals surface area contributed by atoms with Gasteiger partial charge < -0.3 is 9.73 Å². The van der Waals surface area contributed by atoms with Gasteiger partial charge >= 0.3 is 0 Å². The molecule has 2 heterocycles. The van der Waals surface area contributed by atoms with Crippen LogP contribution >= 0.6 is 0 Å². The molecule has 0 saturated heterocycles. The number of furan rings is 1. The summed E-state index contributed by atoms with van der Waals surface area (Å²) in [5.74, 6) is 0.254. The molecule has 5 heteroatoms. The Morgan fingerprint density at radius 3 is 2.59 bits per heavy atom. The summed E-state index contributed by atoms with van der Waals surface area (Å²) in [6.45, 7) is 2.13. The SMILES string of the molecule is O=C(NC[C@H](c1ccco1)N1CCc2ccccc2C1)c1ccc(F)cc1. The summed E-state index contributed by atoms with van der Waals surface area (Å²) in [6, 6.07) is 17.8. The Balaban J connectivity index is 1.49. The van der Waals surface area contributed by atoms with Crippen molar-refractivity contribution in [3.8, 4) is 0 Å². The van der Waals surface area contributed by atoms with Gasteiger partial charge in [0.2, 0.25) is 0 Å². The maximum atomic E-state index is 13.1. The number of rotatable bonds is 5. The maximum Gasteiger partial charge on any atom is 0.251 e. The molecule has 1 aliphatic heterocycles. The summed E-state index contributed by atoms with van der Waals surface area (Å²) in [4.78, 5) is 14.8. The van der Waals surface area contributed by atoms with E-state index in [9.17, 15) is 9.18 Å². The van der Waals surface area contributed by atoms with Crippen LogP contribution in [-0.2, 0) is 13.0 Å². The highest BCUT2D eigenvalue weighted by Gasteiger charge is 2.27. The molecule has 1 atom stereocenters. The Morgan fingerprint density at radius 1 is 1.07 bits per heavy atom. The first kappa shape index (κ1) is 17.5. The van der Waals surface area contributed by atoms with Gasteiger partial charge in [0.05, 0.1) is 12.3 Å². The number of halogens is 1. The number of nitrogens with one attached hydrogen (secondary N) is 1. The number of amides is 1. The van der Waals surface area contributed by atoms with Crippen molar-refractivity contribution in [2.45, 2.75) is 19.0 Å². The summed E-state index contributed by atoms with van der Waals surface area (Å²) in [5.41, 5.74) is 3.13. The molecular weight excluding hydrogens is 343 g/mol. The maximum absolute atomic E-state index is 13.1. The number of fused-ring (bicyclic) bond motifs is 1. The Morgan fingerprint density at radius 2 is 1.85 bits per heavy atom. The van der Waals surface area contributed by atoms with E-state index >= 15 is 0 Å². The molecule has 27 heavy (non-hydrogen) atoms. The fourth-order valence-corrected chi connectivity index (χ4v) is 3.57. The zero-order valence-electron chi connectivity index (χ0n) is 14.9. The van der Waals surface area contributed by atoms with E-state index in [1.807, 2.05) is 12.1 Å². The second-order valence-electron chi connectivity index (χ2n) is 6.74. The van der Waals surface area contributed by atoms with Crippen LogP contribution in [-0.4, -0.2) is 23.9 Å². The van der Waals surface area contributed by atoms with Gasteiger partial charge in [0.15, 0.2) is 0 Å². The molecule has 0 radical (unpaired) electrons. The van der Waals surface area contributed by atoms with E-state index in [-0.39, 0.29) is 17.8 Å². The van der Waals surface area contributed by atoms with Crippen molar-refractivity contribution in [2.24, 2.45) is 0 Å². The van der Waals surface area contributed by atoms with Gasteiger partial charge in [-0.05, 0) is 53.9 Å². The first-order valence-corrected chi connectivity index (χ1v) is 9.09. The van der Waals surface area contributed by atoms with Crippen molar-refractivity contribution in [2.75, 3.05) is 13.1 Å². The monoisotopic (exact) mass is 364 g/mol. The molecule has 1 aromatic heterocycles. The van der Waals surface area contributed by atoms with Crippen LogP contribution in [0, 0.1) is 5.82 Å². The highest BCUT2D eigenvalue weighted by molar-refractivity contribution is 5.94. The molecule has 0 spiro atoms. The summed E-state index contributed by atoms with van der Waals surface area (Å²) in [7, 11) is 0. The third-order valence-corrected chi connectivity index (χ3v) is 5.03. The predicted octanol–water partition coefficient (Wildman–Crippen LogP) is 3.95. The van der Waals surface area contributed by atoms with Crippen LogP contribution in [0.2, 0.25) is 0 Å². The van der Waals surface area contributed by atoms with Crippen LogP contribution in [0.15, 0.2) is 71.3 Å². The summed E-state index contributed by atoms with van der Waals surface area (Å²) in [6.07, 6.45) is 2.63. The van der Waals surface area contributed by atoms with Gasteiger partial charge in [-0.1, -0.05) is 24.3 Å². The molecule has 0 saturated carbocycles. The van der Waals surface area contributed by atoms with E-state index in [1.54, 1.807) is 6.26 Å². The quantitative estimate of drug-likeness (QED) is 0.746. The van der Waals surface area contributed by atoms with E-state index in [1.165, 1.54) is 35.4 Å². The van der Waals surface area contributed by atoms with Gasteiger partial charge in [0.25, 0.3) is 5.91 Å². The van der Waals surface area contributed by atoms with Crippen molar-refractivity contribution in [1.82, 2.24) is 10.2 Å². The molecule has 1 N–H and O–H groups in total. The van der Waals surface area contributed by atoms with Crippen LogP contribution < -0.4 is 5.32 Å². The summed E-state index contributed by atoms with van der Waals surface area (Å²) < 4.78 is 18.7. The van der Waals surface area contributed by atoms with Gasteiger partial charge in [-0.25, -0.2) is 4.39 Å². The number of carbonyl (C=O) groups is 1. The smallest absolute Gasteiger partial charge is 0.251 e. The minimum Gasteiger partial charge on any atom is -0.468 e. The minimum absolute atomic E-state index is 0.0576. The topological polar surface area (TPSA) is 45.5 Å². The number of benzene rings is 2. The third kappa shape index (κ3) is 3.93. The molecule has 1 aliphatic rings. The second kappa shape index (κ2) is 7.76. The summed E-state index contributed by atoms with van der Waals surface area (Å²) >= 11 is 0. The molecule has 0 unspecified atom stereocenters. The van der Waals surface area contributed by atoms with Crippen molar-refractivity contribution in [3.63, 3.8) is 0 Å². The van der Waals surface area contributed by atoms with Crippen molar-refractivity contribution >= 4 is 5.91 Å². The van der Waals surface area contributed by atoms with Crippen LogP contribution in [0.3, 0.4) is 0 Å². The molecule has 2 aromatic carbocycles. The second-order valence-corrected chi connectivity index (χ2v) is 6.74. The largest absolute Gasteiger partial charge is 0.468 e. The lowest BCUT2D eigenvalue weighted by molar-refractivity contribution is 0.0919. The molecule has 138 valence electrons. The average Bonchev–Trinajstić information content (AvgIpc) is 3.23. The predicted molar refractivity (Wildman–Crippen MR) is 101 cm³/mol. The molecule has 1 amide bonds. The van der Waals surface area contributed by atoms with E-state index in [4.69, 9.17) is 4.42 Å². The highest BCUT2D eigenvalue weighted by Crippen LogP contribution is 2.28. The molecule has 4 rings (SSSR count). The van der Waals surface area contributed by atoms with E-state index in [0.717, 1.165) is 25.3 Å². The van der Waals surface area contributed by atoms with Gasteiger partial charge in [-0.2, -0.15) is 0 Å². The normalized spacial score (nSPS) is 15.1.